The molecule has 1 amide bonds. The first kappa shape index (κ1) is 22.7. The fourth-order valence-corrected chi connectivity index (χ4v) is 3.67. The van der Waals surface area contributed by atoms with E-state index in [1.807, 2.05) is 61.9 Å². The van der Waals surface area contributed by atoms with Crippen molar-refractivity contribution in [2.24, 2.45) is 7.05 Å². The number of carbonyl (C=O) groups is 1. The number of aromatic nitrogens is 3. The Morgan fingerprint density at radius 1 is 1.10 bits per heavy atom. The van der Waals surface area contributed by atoms with Crippen LogP contribution < -0.4 is 14.8 Å². The summed E-state index contributed by atoms with van der Waals surface area (Å²) >= 11 is 1.35. The van der Waals surface area contributed by atoms with Gasteiger partial charge in [0, 0.05) is 13.6 Å². The molecular formula is C23H28N4O3S. The summed E-state index contributed by atoms with van der Waals surface area (Å²) in [6, 6.07) is 15.9. The molecule has 0 atom stereocenters. The largest absolute Gasteiger partial charge is 0.490 e. The SMILES string of the molecule is CCOc1cc(C)ccc1OCc1nnc(SCC(=O)NCCc2ccccc2)n1C. The van der Waals surface area contributed by atoms with Crippen LogP contribution in [0.2, 0.25) is 0 Å². The van der Waals surface area contributed by atoms with Crippen LogP contribution in [-0.4, -0.2) is 39.6 Å². The van der Waals surface area contributed by atoms with Gasteiger partial charge in [-0.2, -0.15) is 0 Å². The van der Waals surface area contributed by atoms with E-state index in [0.717, 1.165) is 12.0 Å². The fraction of sp³-hybridized carbons (Fsp3) is 0.348. The summed E-state index contributed by atoms with van der Waals surface area (Å²) < 4.78 is 13.4. The first-order chi connectivity index (χ1) is 15.1. The second-order valence-corrected chi connectivity index (χ2v) is 7.95. The van der Waals surface area contributed by atoms with Gasteiger partial charge in [0.2, 0.25) is 5.91 Å². The monoisotopic (exact) mass is 440 g/mol. The minimum absolute atomic E-state index is 0.0252. The molecular weight excluding hydrogens is 412 g/mol. The number of rotatable bonds is 11. The Balaban J connectivity index is 1.47. The van der Waals surface area contributed by atoms with Gasteiger partial charge in [0.25, 0.3) is 0 Å². The molecule has 3 rings (SSSR count). The first-order valence-electron chi connectivity index (χ1n) is 10.2. The van der Waals surface area contributed by atoms with Crippen molar-refractivity contribution in [1.29, 1.82) is 0 Å². The van der Waals surface area contributed by atoms with Gasteiger partial charge in [-0.25, -0.2) is 0 Å². The van der Waals surface area contributed by atoms with Crippen molar-refractivity contribution < 1.29 is 14.3 Å². The highest BCUT2D eigenvalue weighted by molar-refractivity contribution is 7.99. The zero-order chi connectivity index (χ0) is 22.1. The van der Waals surface area contributed by atoms with Crippen molar-refractivity contribution in [3.63, 3.8) is 0 Å². The third kappa shape index (κ3) is 6.75. The third-order valence-electron chi connectivity index (χ3n) is 4.59. The summed E-state index contributed by atoms with van der Waals surface area (Å²) in [5, 5.41) is 12.0. The summed E-state index contributed by atoms with van der Waals surface area (Å²) in [7, 11) is 1.87. The lowest BCUT2D eigenvalue weighted by Crippen LogP contribution is -2.27. The predicted octanol–water partition coefficient (Wildman–Crippen LogP) is 3.55. The maximum Gasteiger partial charge on any atom is 0.230 e. The van der Waals surface area contributed by atoms with E-state index >= 15 is 0 Å². The van der Waals surface area contributed by atoms with E-state index in [0.29, 0.717) is 35.6 Å². The number of nitrogens with one attached hydrogen (secondary N) is 1. The molecule has 0 fully saturated rings. The first-order valence-corrected chi connectivity index (χ1v) is 11.2. The maximum atomic E-state index is 12.1. The number of benzene rings is 2. The van der Waals surface area contributed by atoms with E-state index in [9.17, 15) is 4.79 Å². The van der Waals surface area contributed by atoms with Crippen LogP contribution in [-0.2, 0) is 24.9 Å². The number of nitrogens with zero attached hydrogens (tertiary/aromatic N) is 3. The average molecular weight is 441 g/mol. The van der Waals surface area contributed by atoms with Crippen molar-refractivity contribution in [2.45, 2.75) is 32.0 Å². The lowest BCUT2D eigenvalue weighted by Gasteiger charge is -2.12. The second kappa shape index (κ2) is 11.4. The topological polar surface area (TPSA) is 78.3 Å². The van der Waals surface area contributed by atoms with E-state index in [1.54, 1.807) is 0 Å². The van der Waals surface area contributed by atoms with Gasteiger partial charge < -0.3 is 19.4 Å². The molecule has 0 aliphatic rings. The van der Waals surface area contributed by atoms with Crippen LogP contribution >= 0.6 is 11.8 Å². The minimum atomic E-state index is -0.0252. The van der Waals surface area contributed by atoms with Gasteiger partial charge in [-0.3, -0.25) is 4.79 Å². The molecule has 1 aromatic heterocycles. The maximum absolute atomic E-state index is 12.1. The number of hydrogen-bond acceptors (Lipinski definition) is 6. The Bertz CT molecular complexity index is 992. The van der Waals surface area contributed by atoms with Crippen LogP contribution in [0.5, 0.6) is 11.5 Å². The molecule has 7 nitrogen and oxygen atoms in total. The van der Waals surface area contributed by atoms with Gasteiger partial charge in [-0.15, -0.1) is 10.2 Å². The Morgan fingerprint density at radius 2 is 1.90 bits per heavy atom. The van der Waals surface area contributed by atoms with Crippen molar-refractivity contribution in [1.82, 2.24) is 20.1 Å². The van der Waals surface area contributed by atoms with E-state index < -0.39 is 0 Å². The molecule has 0 spiro atoms. The third-order valence-corrected chi connectivity index (χ3v) is 5.61. The highest BCUT2D eigenvalue weighted by Gasteiger charge is 2.13. The zero-order valence-corrected chi connectivity index (χ0v) is 18.9. The van der Waals surface area contributed by atoms with E-state index in [1.165, 1.54) is 17.3 Å². The van der Waals surface area contributed by atoms with Crippen LogP contribution in [0.4, 0.5) is 0 Å². The highest BCUT2D eigenvalue weighted by atomic mass is 32.2. The fourth-order valence-electron chi connectivity index (χ4n) is 2.91. The number of thioether (sulfide) groups is 1. The molecule has 0 aliphatic carbocycles. The Hall–Kier alpha value is -3.00. The van der Waals surface area contributed by atoms with E-state index in [4.69, 9.17) is 9.47 Å². The lowest BCUT2D eigenvalue weighted by molar-refractivity contribution is -0.118. The summed E-state index contributed by atoms with van der Waals surface area (Å²) in [5.41, 5.74) is 2.31. The molecule has 8 heteroatoms. The Morgan fingerprint density at radius 3 is 2.68 bits per heavy atom. The number of aryl methyl sites for hydroxylation is 1. The molecule has 1 N–H and O–H groups in total. The minimum Gasteiger partial charge on any atom is -0.490 e. The zero-order valence-electron chi connectivity index (χ0n) is 18.1. The summed E-state index contributed by atoms with van der Waals surface area (Å²) in [6.07, 6.45) is 0.811. The van der Waals surface area contributed by atoms with Gasteiger partial charge in [0.1, 0.15) is 6.61 Å². The summed E-state index contributed by atoms with van der Waals surface area (Å²) in [4.78, 5) is 12.1. The van der Waals surface area contributed by atoms with Crippen LogP contribution in [0.1, 0.15) is 23.9 Å². The van der Waals surface area contributed by atoms with E-state index in [-0.39, 0.29) is 18.3 Å². The number of amides is 1. The quantitative estimate of drug-likeness (QED) is 0.460. The molecule has 0 bridgehead atoms. The molecule has 31 heavy (non-hydrogen) atoms. The van der Waals surface area contributed by atoms with Crippen LogP contribution in [0.25, 0.3) is 0 Å². The number of hydrogen-bond donors (Lipinski definition) is 1. The molecule has 0 saturated heterocycles. The summed E-state index contributed by atoms with van der Waals surface area (Å²) in [5.74, 6) is 2.32. The van der Waals surface area contributed by atoms with Crippen molar-refractivity contribution in [2.75, 3.05) is 18.9 Å². The van der Waals surface area contributed by atoms with Gasteiger partial charge in [0.05, 0.1) is 12.4 Å². The molecule has 2 aromatic carbocycles. The van der Waals surface area contributed by atoms with E-state index in [2.05, 4.69) is 27.6 Å². The normalized spacial score (nSPS) is 10.7. The standard InChI is InChI=1S/C23H28N4O3S/c1-4-29-20-14-17(2)10-11-19(20)30-15-21-25-26-23(27(21)3)31-16-22(28)24-13-12-18-8-6-5-7-9-18/h5-11,14H,4,12-13,15-16H2,1-3H3,(H,24,28). The molecule has 0 saturated carbocycles. The molecule has 0 unspecified atom stereocenters. The van der Waals surface area contributed by atoms with Gasteiger partial charge in [-0.1, -0.05) is 48.2 Å². The van der Waals surface area contributed by atoms with Gasteiger partial charge in [0.15, 0.2) is 22.5 Å². The van der Waals surface area contributed by atoms with Crippen molar-refractivity contribution in [3.05, 3.63) is 65.5 Å². The Kier molecular flexibility index (Phi) is 8.35. The molecule has 0 aliphatic heterocycles. The van der Waals surface area contributed by atoms with Crippen molar-refractivity contribution >= 4 is 17.7 Å². The predicted molar refractivity (Wildman–Crippen MR) is 122 cm³/mol. The smallest absolute Gasteiger partial charge is 0.230 e. The molecule has 3 aromatic rings. The van der Waals surface area contributed by atoms with Gasteiger partial charge >= 0.3 is 0 Å². The molecule has 0 radical (unpaired) electrons. The van der Waals surface area contributed by atoms with Crippen molar-refractivity contribution in [3.8, 4) is 11.5 Å². The average Bonchev–Trinajstić information content (AvgIpc) is 3.12. The van der Waals surface area contributed by atoms with Crippen LogP contribution in [0.15, 0.2) is 53.7 Å². The van der Waals surface area contributed by atoms with Crippen LogP contribution in [0.3, 0.4) is 0 Å². The number of ether oxygens (including phenoxy) is 2. The summed E-state index contributed by atoms with van der Waals surface area (Å²) in [6.45, 7) is 5.39. The van der Waals surface area contributed by atoms with Crippen LogP contribution in [0, 0.1) is 6.92 Å². The Labute approximate surface area is 187 Å². The highest BCUT2D eigenvalue weighted by Crippen LogP contribution is 2.29. The van der Waals surface area contributed by atoms with Gasteiger partial charge in [-0.05, 0) is 43.5 Å². The lowest BCUT2D eigenvalue weighted by atomic mass is 10.1. The molecule has 1 heterocycles. The number of carbonyl (C=O) groups excluding carboxylic acids is 1. The second-order valence-electron chi connectivity index (χ2n) is 7.00. The molecule has 164 valence electrons.